The standard InChI is InChI=1S/C23H21BrN2O8S/c1-3-33-15-6-4-14(5-7-15)25-19(27)11-26-22(30)18(35-23(26)31)10-13-8-16(24)21(17(9-13)32-2)34-12-20(28)29/h4-10H,3,11-12H2,1-2H3,(H,25,27)(H,28,29)/b18-10+. The molecule has 0 atom stereocenters. The number of thioether (sulfide) groups is 1. The summed E-state index contributed by atoms with van der Waals surface area (Å²) in [6.07, 6.45) is 1.48. The lowest BCUT2D eigenvalue weighted by molar-refractivity contribution is -0.139. The van der Waals surface area contributed by atoms with Gasteiger partial charge in [-0.1, -0.05) is 0 Å². The third-order valence-electron chi connectivity index (χ3n) is 4.51. The van der Waals surface area contributed by atoms with Crippen LogP contribution >= 0.6 is 27.7 Å². The van der Waals surface area contributed by atoms with Crippen molar-refractivity contribution < 1.29 is 38.5 Å². The topological polar surface area (TPSA) is 131 Å². The fourth-order valence-electron chi connectivity index (χ4n) is 3.03. The molecule has 2 N–H and O–H groups in total. The molecular weight excluding hydrogens is 544 g/mol. The van der Waals surface area contributed by atoms with Gasteiger partial charge in [-0.15, -0.1) is 0 Å². The zero-order valence-electron chi connectivity index (χ0n) is 18.7. The van der Waals surface area contributed by atoms with Gasteiger partial charge in [-0.2, -0.15) is 0 Å². The fraction of sp³-hybridized carbons (Fsp3) is 0.217. The van der Waals surface area contributed by atoms with E-state index in [0.717, 1.165) is 4.90 Å². The summed E-state index contributed by atoms with van der Waals surface area (Å²) >= 11 is 4.00. The van der Waals surface area contributed by atoms with Crippen molar-refractivity contribution >= 4 is 62.5 Å². The van der Waals surface area contributed by atoms with E-state index in [1.165, 1.54) is 19.3 Å². The Morgan fingerprint density at radius 3 is 2.51 bits per heavy atom. The summed E-state index contributed by atoms with van der Waals surface area (Å²) in [5, 5.41) is 10.9. The largest absolute Gasteiger partial charge is 0.494 e. The van der Waals surface area contributed by atoms with E-state index < -0.39 is 36.2 Å². The fourth-order valence-corrected chi connectivity index (χ4v) is 4.44. The van der Waals surface area contributed by atoms with Gasteiger partial charge in [0.2, 0.25) is 5.91 Å². The van der Waals surface area contributed by atoms with Crippen LogP contribution in [0.3, 0.4) is 0 Å². The van der Waals surface area contributed by atoms with E-state index >= 15 is 0 Å². The summed E-state index contributed by atoms with van der Waals surface area (Å²) in [5.74, 6) is -1.20. The molecule has 0 aliphatic carbocycles. The minimum Gasteiger partial charge on any atom is -0.494 e. The SMILES string of the molecule is CCOc1ccc(NC(=O)CN2C(=O)S/C(=C/c3cc(Br)c(OCC(=O)O)c(OC)c3)C2=O)cc1. The number of carbonyl (C=O) groups excluding carboxylic acids is 3. The maximum atomic E-state index is 12.8. The number of amides is 3. The number of halogens is 1. The number of aliphatic carboxylic acids is 1. The van der Waals surface area contributed by atoms with Crippen LogP contribution < -0.4 is 19.5 Å². The number of nitrogens with zero attached hydrogens (tertiary/aromatic N) is 1. The second-order valence-electron chi connectivity index (χ2n) is 6.99. The number of anilines is 1. The van der Waals surface area contributed by atoms with Gasteiger partial charge >= 0.3 is 5.97 Å². The summed E-state index contributed by atoms with van der Waals surface area (Å²) in [4.78, 5) is 49.4. The molecular formula is C23H21BrN2O8S. The van der Waals surface area contributed by atoms with Gasteiger partial charge in [0.15, 0.2) is 18.1 Å². The summed E-state index contributed by atoms with van der Waals surface area (Å²) in [5.41, 5.74) is 1.00. The van der Waals surface area contributed by atoms with Crippen LogP contribution in [0.2, 0.25) is 0 Å². The number of carbonyl (C=O) groups is 4. The molecule has 0 aromatic heterocycles. The maximum Gasteiger partial charge on any atom is 0.341 e. The van der Waals surface area contributed by atoms with E-state index in [2.05, 4.69) is 21.2 Å². The zero-order chi connectivity index (χ0) is 25.5. The summed E-state index contributed by atoms with van der Waals surface area (Å²) in [7, 11) is 1.38. The second kappa shape index (κ2) is 11.8. The Morgan fingerprint density at radius 1 is 1.17 bits per heavy atom. The van der Waals surface area contributed by atoms with E-state index in [-0.39, 0.29) is 16.4 Å². The highest BCUT2D eigenvalue weighted by atomic mass is 79.9. The number of carboxylic acids is 1. The van der Waals surface area contributed by atoms with Gasteiger partial charge in [-0.25, -0.2) is 4.79 Å². The molecule has 0 spiro atoms. The van der Waals surface area contributed by atoms with E-state index in [4.69, 9.17) is 19.3 Å². The number of nitrogens with one attached hydrogen (secondary N) is 1. The quantitative estimate of drug-likeness (QED) is 0.411. The third kappa shape index (κ3) is 6.76. The highest BCUT2D eigenvalue weighted by Crippen LogP contribution is 2.39. The van der Waals surface area contributed by atoms with Gasteiger partial charge in [0.05, 0.1) is 23.1 Å². The Hall–Kier alpha value is -3.51. The number of carboxylic acid groups (broad SMARTS) is 1. The summed E-state index contributed by atoms with van der Waals surface area (Å²) in [6.45, 7) is 1.38. The first kappa shape index (κ1) is 26.1. The predicted octanol–water partition coefficient (Wildman–Crippen LogP) is 3.99. The average molecular weight is 565 g/mol. The Morgan fingerprint density at radius 2 is 1.89 bits per heavy atom. The number of benzene rings is 2. The van der Waals surface area contributed by atoms with Crippen LogP contribution in [0.25, 0.3) is 6.08 Å². The molecule has 3 amide bonds. The Bertz CT molecular complexity index is 1180. The lowest BCUT2D eigenvalue weighted by Crippen LogP contribution is -2.36. The van der Waals surface area contributed by atoms with Gasteiger partial charge in [0.25, 0.3) is 11.1 Å². The van der Waals surface area contributed by atoms with Crippen LogP contribution in [0, 0.1) is 0 Å². The average Bonchev–Trinajstić information content (AvgIpc) is 3.06. The van der Waals surface area contributed by atoms with Crippen LogP contribution in [0.5, 0.6) is 17.2 Å². The maximum absolute atomic E-state index is 12.8. The van der Waals surface area contributed by atoms with Crippen molar-refractivity contribution in [3.8, 4) is 17.2 Å². The first-order chi connectivity index (χ1) is 16.7. The van der Waals surface area contributed by atoms with E-state index in [1.807, 2.05) is 6.92 Å². The Kier molecular flexibility index (Phi) is 8.77. The summed E-state index contributed by atoms with van der Waals surface area (Å²) < 4.78 is 16.2. The first-order valence-corrected chi connectivity index (χ1v) is 11.8. The van der Waals surface area contributed by atoms with E-state index in [9.17, 15) is 19.2 Å². The second-order valence-corrected chi connectivity index (χ2v) is 8.84. The highest BCUT2D eigenvalue weighted by Gasteiger charge is 2.36. The van der Waals surface area contributed by atoms with Gasteiger partial charge in [-0.05, 0) is 82.7 Å². The lowest BCUT2D eigenvalue weighted by atomic mass is 10.2. The zero-order valence-corrected chi connectivity index (χ0v) is 21.1. The smallest absolute Gasteiger partial charge is 0.341 e. The van der Waals surface area contributed by atoms with Crippen molar-refractivity contribution in [1.82, 2.24) is 4.90 Å². The van der Waals surface area contributed by atoms with Crippen molar-refractivity contribution in [1.29, 1.82) is 0 Å². The van der Waals surface area contributed by atoms with Crippen molar-refractivity contribution in [3.63, 3.8) is 0 Å². The molecule has 0 bridgehead atoms. The molecule has 0 unspecified atom stereocenters. The van der Waals surface area contributed by atoms with Crippen molar-refractivity contribution in [2.45, 2.75) is 6.92 Å². The lowest BCUT2D eigenvalue weighted by Gasteiger charge is -2.13. The Balaban J connectivity index is 1.70. The number of hydrogen-bond donors (Lipinski definition) is 2. The Labute approximate surface area is 213 Å². The minimum absolute atomic E-state index is 0.122. The molecule has 1 heterocycles. The molecule has 0 saturated carbocycles. The number of ether oxygens (including phenoxy) is 3. The number of methoxy groups -OCH3 is 1. The molecule has 1 aliphatic heterocycles. The molecule has 2 aromatic rings. The van der Waals surface area contributed by atoms with Crippen LogP contribution in [0.1, 0.15) is 12.5 Å². The molecule has 1 fully saturated rings. The normalized spacial score (nSPS) is 14.3. The molecule has 12 heteroatoms. The predicted molar refractivity (Wildman–Crippen MR) is 133 cm³/mol. The number of imide groups is 1. The van der Waals surface area contributed by atoms with E-state index in [0.29, 0.717) is 39.8 Å². The third-order valence-corrected chi connectivity index (χ3v) is 6.01. The first-order valence-electron chi connectivity index (χ1n) is 10.2. The number of hydrogen-bond acceptors (Lipinski definition) is 8. The molecule has 1 saturated heterocycles. The van der Waals surface area contributed by atoms with Crippen LogP contribution in [0.4, 0.5) is 10.5 Å². The molecule has 35 heavy (non-hydrogen) atoms. The van der Waals surface area contributed by atoms with Gasteiger partial charge in [0, 0.05) is 5.69 Å². The molecule has 0 radical (unpaired) electrons. The van der Waals surface area contributed by atoms with Gasteiger partial charge in [0.1, 0.15) is 12.3 Å². The van der Waals surface area contributed by atoms with Crippen LogP contribution in [0.15, 0.2) is 45.8 Å². The van der Waals surface area contributed by atoms with Gasteiger partial charge in [-0.3, -0.25) is 19.3 Å². The van der Waals surface area contributed by atoms with Gasteiger partial charge < -0.3 is 24.6 Å². The minimum atomic E-state index is -1.15. The van der Waals surface area contributed by atoms with Crippen molar-refractivity contribution in [3.05, 3.63) is 51.3 Å². The van der Waals surface area contributed by atoms with Crippen molar-refractivity contribution in [2.75, 3.05) is 32.2 Å². The molecule has 10 nitrogen and oxygen atoms in total. The summed E-state index contributed by atoms with van der Waals surface area (Å²) in [6, 6.07) is 9.84. The molecule has 1 aliphatic rings. The van der Waals surface area contributed by atoms with Crippen LogP contribution in [-0.2, 0) is 14.4 Å². The molecule has 3 rings (SSSR count). The van der Waals surface area contributed by atoms with Crippen LogP contribution in [-0.4, -0.2) is 59.9 Å². The van der Waals surface area contributed by atoms with E-state index in [1.54, 1.807) is 30.3 Å². The monoisotopic (exact) mass is 564 g/mol. The molecule has 2 aromatic carbocycles. The highest BCUT2D eigenvalue weighted by molar-refractivity contribution is 9.10. The molecule has 184 valence electrons. The number of rotatable bonds is 10. The van der Waals surface area contributed by atoms with Crippen molar-refractivity contribution in [2.24, 2.45) is 0 Å².